The number of anilines is 1. The Balaban J connectivity index is 0.000000426. The highest BCUT2D eigenvalue weighted by Crippen LogP contribution is 2.23. The van der Waals surface area contributed by atoms with Crippen molar-refractivity contribution in [3.63, 3.8) is 0 Å². The van der Waals surface area contributed by atoms with E-state index in [1.54, 1.807) is 18.2 Å². The van der Waals surface area contributed by atoms with E-state index in [2.05, 4.69) is 20.4 Å². The van der Waals surface area contributed by atoms with Gasteiger partial charge in [0, 0.05) is 37.6 Å². The molecule has 2 amide bonds. The molecule has 0 spiro atoms. The van der Waals surface area contributed by atoms with Crippen LogP contribution < -0.4 is 10.2 Å². The lowest BCUT2D eigenvalue weighted by molar-refractivity contribution is -0.192. The van der Waals surface area contributed by atoms with Gasteiger partial charge in [-0.1, -0.05) is 30.5 Å². The molecule has 0 unspecified atom stereocenters. The van der Waals surface area contributed by atoms with E-state index in [0.717, 1.165) is 18.2 Å². The lowest BCUT2D eigenvalue weighted by Crippen LogP contribution is -2.53. The molecule has 2 fully saturated rings. The molecule has 1 saturated carbocycles. The average Bonchev–Trinajstić information content (AvgIpc) is 3.39. The molecule has 3 aromatic rings. The first-order valence-electron chi connectivity index (χ1n) is 12.1. The number of carbonyl (C=O) groups is 2. The Hall–Kier alpha value is -3.97. The Labute approximate surface area is 214 Å². The van der Waals surface area contributed by atoms with E-state index in [9.17, 15) is 22.4 Å². The summed E-state index contributed by atoms with van der Waals surface area (Å²) in [5.74, 6) is -2.67. The monoisotopic (exact) mass is 538 g/mol. The van der Waals surface area contributed by atoms with Crippen LogP contribution in [-0.4, -0.2) is 75.5 Å². The van der Waals surface area contributed by atoms with Crippen LogP contribution in [0.25, 0.3) is 22.4 Å². The molecular formula is C24H26F4N6O4. The van der Waals surface area contributed by atoms with Crippen LogP contribution in [0.5, 0.6) is 0 Å². The van der Waals surface area contributed by atoms with E-state index >= 15 is 0 Å². The minimum absolute atomic E-state index is 0.0227. The number of hydrogen-bond acceptors (Lipinski definition) is 7. The largest absolute Gasteiger partial charge is 0.490 e. The summed E-state index contributed by atoms with van der Waals surface area (Å²) in [7, 11) is 0. The molecule has 3 heterocycles. The van der Waals surface area contributed by atoms with Gasteiger partial charge in [-0.25, -0.2) is 19.0 Å². The van der Waals surface area contributed by atoms with E-state index in [1.807, 2.05) is 9.80 Å². The maximum absolute atomic E-state index is 13.4. The molecule has 0 bridgehead atoms. The van der Waals surface area contributed by atoms with Gasteiger partial charge in [0.1, 0.15) is 11.5 Å². The lowest BCUT2D eigenvalue weighted by Gasteiger charge is -2.35. The third-order valence-electron chi connectivity index (χ3n) is 6.31. The number of aliphatic carboxylic acids is 1. The molecule has 5 rings (SSSR count). The zero-order chi connectivity index (χ0) is 27.3. The predicted octanol–water partition coefficient (Wildman–Crippen LogP) is 4.22. The molecule has 1 aliphatic carbocycles. The predicted molar refractivity (Wildman–Crippen MR) is 128 cm³/mol. The number of nitrogens with one attached hydrogen (secondary N) is 1. The highest BCUT2D eigenvalue weighted by molar-refractivity contribution is 5.80. The van der Waals surface area contributed by atoms with Crippen LogP contribution in [0.1, 0.15) is 32.1 Å². The van der Waals surface area contributed by atoms with Crippen LogP contribution >= 0.6 is 0 Å². The Morgan fingerprint density at radius 2 is 1.68 bits per heavy atom. The molecule has 2 N–H and O–H groups in total. The summed E-state index contributed by atoms with van der Waals surface area (Å²) in [5.41, 5.74) is 1.24. The topological polar surface area (TPSA) is 125 Å². The SMILES string of the molecule is O=C(NC1CCCCC1)N1CCN(c2nc(-c3ccc4cc(F)ccc4n3)no2)CC1.O=C(O)C(F)(F)F. The van der Waals surface area contributed by atoms with Gasteiger partial charge in [-0.15, -0.1) is 0 Å². The Bertz CT molecular complexity index is 1270. The van der Waals surface area contributed by atoms with E-state index in [-0.39, 0.29) is 11.8 Å². The number of benzene rings is 1. The maximum Gasteiger partial charge on any atom is 0.490 e. The molecular weight excluding hydrogens is 512 g/mol. The minimum Gasteiger partial charge on any atom is -0.475 e. The second-order valence-corrected chi connectivity index (χ2v) is 9.00. The van der Waals surface area contributed by atoms with Crippen LogP contribution in [0.3, 0.4) is 0 Å². The molecule has 2 aliphatic rings. The van der Waals surface area contributed by atoms with E-state index in [1.165, 1.54) is 31.4 Å². The quantitative estimate of drug-likeness (QED) is 0.475. The zero-order valence-electron chi connectivity index (χ0n) is 20.2. The molecule has 1 aromatic carbocycles. The first-order valence-corrected chi connectivity index (χ1v) is 12.1. The number of nitrogens with zero attached hydrogens (tertiary/aromatic N) is 5. The molecule has 10 nitrogen and oxygen atoms in total. The molecule has 0 radical (unpaired) electrons. The van der Waals surface area contributed by atoms with Gasteiger partial charge in [-0.2, -0.15) is 18.2 Å². The summed E-state index contributed by atoms with van der Waals surface area (Å²) >= 11 is 0. The number of halogens is 4. The van der Waals surface area contributed by atoms with Gasteiger partial charge in [-0.3, -0.25) is 0 Å². The summed E-state index contributed by atoms with van der Waals surface area (Å²) in [6, 6.07) is 8.75. The summed E-state index contributed by atoms with van der Waals surface area (Å²) in [6.45, 7) is 2.47. The summed E-state index contributed by atoms with van der Waals surface area (Å²) in [5, 5.41) is 15.1. The van der Waals surface area contributed by atoms with Crippen molar-refractivity contribution in [2.45, 2.75) is 44.3 Å². The number of piperazine rings is 1. The number of urea groups is 1. The number of fused-ring (bicyclic) bond motifs is 1. The number of carboxylic acid groups (broad SMARTS) is 1. The molecule has 204 valence electrons. The molecule has 1 aliphatic heterocycles. The van der Waals surface area contributed by atoms with E-state index < -0.39 is 12.1 Å². The molecule has 1 saturated heterocycles. The number of hydrogen-bond donors (Lipinski definition) is 2. The standard InChI is InChI=1S/C22H25FN6O2.C2HF3O2/c23-16-7-9-18-15(14-16)6-8-19(25-18)20-26-22(31-27-20)29-12-10-28(11-13-29)21(30)24-17-4-2-1-3-5-17;3-2(4,5)1(6)7/h6-9,14,17H,1-5,10-13H2,(H,24,30);(H,6,7). The van der Waals surface area contributed by atoms with Crippen LogP contribution in [0.4, 0.5) is 28.4 Å². The van der Waals surface area contributed by atoms with Gasteiger partial charge in [0.15, 0.2) is 0 Å². The average molecular weight is 539 g/mol. The van der Waals surface area contributed by atoms with Gasteiger partial charge in [0.25, 0.3) is 0 Å². The number of rotatable bonds is 3. The summed E-state index contributed by atoms with van der Waals surface area (Å²) in [4.78, 5) is 34.3. The Morgan fingerprint density at radius 1 is 1.00 bits per heavy atom. The second-order valence-electron chi connectivity index (χ2n) is 9.00. The van der Waals surface area contributed by atoms with Crippen molar-refractivity contribution >= 4 is 28.9 Å². The van der Waals surface area contributed by atoms with Gasteiger partial charge in [0.2, 0.25) is 5.82 Å². The minimum atomic E-state index is -5.08. The fourth-order valence-corrected chi connectivity index (χ4v) is 4.28. The normalized spacial score (nSPS) is 16.6. The smallest absolute Gasteiger partial charge is 0.475 e. The number of amides is 2. The van der Waals surface area contributed by atoms with Crippen molar-refractivity contribution in [3.8, 4) is 11.5 Å². The van der Waals surface area contributed by atoms with Gasteiger partial charge in [0.05, 0.1) is 5.52 Å². The van der Waals surface area contributed by atoms with Crippen LogP contribution in [0.2, 0.25) is 0 Å². The number of pyridine rings is 1. The van der Waals surface area contributed by atoms with Gasteiger partial charge >= 0.3 is 24.2 Å². The highest BCUT2D eigenvalue weighted by atomic mass is 19.4. The van der Waals surface area contributed by atoms with Crippen molar-refractivity contribution in [2.75, 3.05) is 31.1 Å². The molecule has 38 heavy (non-hydrogen) atoms. The first-order chi connectivity index (χ1) is 18.1. The number of alkyl halides is 3. The maximum atomic E-state index is 13.4. The summed E-state index contributed by atoms with van der Waals surface area (Å²) in [6.07, 6.45) is 0.731. The van der Waals surface area contributed by atoms with Crippen molar-refractivity contribution < 1.29 is 36.8 Å². The third kappa shape index (κ3) is 6.86. The number of carboxylic acids is 1. The van der Waals surface area contributed by atoms with E-state index in [0.29, 0.717) is 55.3 Å². The number of aromatic nitrogens is 3. The van der Waals surface area contributed by atoms with Crippen LogP contribution in [0, 0.1) is 5.82 Å². The van der Waals surface area contributed by atoms with E-state index in [4.69, 9.17) is 14.4 Å². The third-order valence-corrected chi connectivity index (χ3v) is 6.31. The fourth-order valence-electron chi connectivity index (χ4n) is 4.28. The zero-order valence-corrected chi connectivity index (χ0v) is 20.2. The lowest BCUT2D eigenvalue weighted by atomic mass is 9.96. The van der Waals surface area contributed by atoms with Gasteiger partial charge < -0.3 is 24.7 Å². The van der Waals surface area contributed by atoms with Gasteiger partial charge in [-0.05, 0) is 37.1 Å². The molecule has 14 heteroatoms. The molecule has 2 aromatic heterocycles. The molecule has 0 atom stereocenters. The summed E-state index contributed by atoms with van der Waals surface area (Å²) < 4.78 is 50.6. The number of carbonyl (C=O) groups excluding carboxylic acids is 1. The van der Waals surface area contributed by atoms with Crippen molar-refractivity contribution in [1.29, 1.82) is 0 Å². The highest BCUT2D eigenvalue weighted by Gasteiger charge is 2.38. The Kier molecular flexibility index (Phi) is 8.27. The fraction of sp³-hybridized carbons (Fsp3) is 0.458. The van der Waals surface area contributed by atoms with Crippen molar-refractivity contribution in [3.05, 3.63) is 36.1 Å². The van der Waals surface area contributed by atoms with Crippen molar-refractivity contribution in [2.24, 2.45) is 0 Å². The van der Waals surface area contributed by atoms with Crippen LogP contribution in [0.15, 0.2) is 34.9 Å². The second kappa shape index (κ2) is 11.6. The Morgan fingerprint density at radius 3 is 2.34 bits per heavy atom. The van der Waals surface area contributed by atoms with Crippen LogP contribution in [-0.2, 0) is 4.79 Å². The first kappa shape index (κ1) is 27.1. The van der Waals surface area contributed by atoms with Crippen molar-refractivity contribution in [1.82, 2.24) is 25.3 Å².